The highest BCUT2D eigenvalue weighted by Crippen LogP contribution is 2.19. The van der Waals surface area contributed by atoms with Crippen LogP contribution in [0.1, 0.15) is 18.4 Å². The van der Waals surface area contributed by atoms with E-state index in [9.17, 15) is 14.0 Å². The number of anilines is 1. The molecule has 0 spiro atoms. The Hall–Kier alpha value is -2.21. The van der Waals surface area contributed by atoms with Gasteiger partial charge in [-0.3, -0.25) is 9.59 Å². The highest BCUT2D eigenvalue weighted by Gasteiger charge is 2.16. The zero-order chi connectivity index (χ0) is 16.8. The van der Waals surface area contributed by atoms with Crippen LogP contribution in [-0.4, -0.2) is 18.4 Å². The van der Waals surface area contributed by atoms with Gasteiger partial charge in [0, 0.05) is 11.0 Å². The molecule has 2 N–H and O–H groups in total. The second kappa shape index (κ2) is 7.87. The van der Waals surface area contributed by atoms with Crippen LogP contribution >= 0.6 is 15.9 Å². The summed E-state index contributed by atoms with van der Waals surface area (Å²) >= 11 is 3.12. The van der Waals surface area contributed by atoms with Crippen LogP contribution in [0.4, 0.5) is 10.1 Å². The molecule has 6 heteroatoms. The summed E-state index contributed by atoms with van der Waals surface area (Å²) in [6.07, 6.45) is 0. The van der Waals surface area contributed by atoms with Crippen molar-refractivity contribution >= 4 is 33.4 Å². The zero-order valence-electron chi connectivity index (χ0n) is 12.5. The summed E-state index contributed by atoms with van der Waals surface area (Å²) < 4.78 is 14.2. The Labute approximate surface area is 142 Å². The van der Waals surface area contributed by atoms with E-state index in [4.69, 9.17) is 0 Å². The second-order valence-corrected chi connectivity index (χ2v) is 6.02. The van der Waals surface area contributed by atoms with Gasteiger partial charge in [0.2, 0.25) is 0 Å². The van der Waals surface area contributed by atoms with E-state index in [1.807, 2.05) is 37.3 Å². The van der Waals surface area contributed by atoms with E-state index in [1.54, 1.807) is 6.07 Å². The van der Waals surface area contributed by atoms with Gasteiger partial charge in [-0.05, 0) is 29.7 Å². The molecule has 2 amide bonds. The zero-order valence-corrected chi connectivity index (χ0v) is 14.1. The molecule has 0 radical (unpaired) electrons. The molecule has 0 bridgehead atoms. The summed E-state index contributed by atoms with van der Waals surface area (Å²) in [5.41, 5.74) is 1.02. The maximum absolute atomic E-state index is 13.6. The second-order valence-electron chi connectivity index (χ2n) is 5.10. The molecule has 0 unspecified atom stereocenters. The van der Waals surface area contributed by atoms with Gasteiger partial charge in [0.05, 0.1) is 5.69 Å². The van der Waals surface area contributed by atoms with Gasteiger partial charge < -0.3 is 10.6 Å². The number of carbonyl (C=O) groups is 2. The Morgan fingerprint density at radius 1 is 1.13 bits per heavy atom. The number of rotatable bonds is 4. The maximum atomic E-state index is 13.6. The van der Waals surface area contributed by atoms with Gasteiger partial charge in [-0.1, -0.05) is 53.2 Å². The molecule has 120 valence electrons. The van der Waals surface area contributed by atoms with Crippen molar-refractivity contribution in [3.05, 3.63) is 64.4 Å². The molecule has 0 saturated carbocycles. The first-order valence-electron chi connectivity index (χ1n) is 7.06. The Bertz CT molecular complexity index is 707. The molecule has 0 heterocycles. The normalized spacial score (nSPS) is 11.6. The SMILES string of the molecule is C[C@H](CNC(=O)C(=O)Nc1ccc(Br)cc1F)c1ccccc1. The van der Waals surface area contributed by atoms with Crippen LogP contribution in [0.5, 0.6) is 0 Å². The van der Waals surface area contributed by atoms with Crippen molar-refractivity contribution in [2.45, 2.75) is 12.8 Å². The van der Waals surface area contributed by atoms with Crippen molar-refractivity contribution < 1.29 is 14.0 Å². The van der Waals surface area contributed by atoms with Gasteiger partial charge in [0.25, 0.3) is 0 Å². The smallest absolute Gasteiger partial charge is 0.313 e. The Kier molecular flexibility index (Phi) is 5.87. The standard InChI is InChI=1S/C17H16BrFN2O2/c1-11(12-5-3-2-4-6-12)10-20-16(22)17(23)21-15-8-7-13(18)9-14(15)19/h2-9,11H,10H2,1H3,(H,20,22)(H,21,23)/t11-/m1/s1. The lowest BCUT2D eigenvalue weighted by molar-refractivity contribution is -0.136. The minimum absolute atomic E-state index is 0.0375. The molecule has 23 heavy (non-hydrogen) atoms. The summed E-state index contributed by atoms with van der Waals surface area (Å²) in [6.45, 7) is 2.26. The molecular formula is C17H16BrFN2O2. The van der Waals surface area contributed by atoms with Gasteiger partial charge >= 0.3 is 11.8 Å². The van der Waals surface area contributed by atoms with Crippen LogP contribution in [0.15, 0.2) is 53.0 Å². The predicted molar refractivity (Wildman–Crippen MR) is 90.6 cm³/mol. The lowest BCUT2D eigenvalue weighted by Crippen LogP contribution is -2.37. The molecule has 0 fully saturated rings. The van der Waals surface area contributed by atoms with Crippen molar-refractivity contribution in [2.24, 2.45) is 0 Å². The monoisotopic (exact) mass is 378 g/mol. The molecule has 0 aliphatic heterocycles. The van der Waals surface area contributed by atoms with E-state index in [1.165, 1.54) is 12.1 Å². The fraction of sp³-hybridized carbons (Fsp3) is 0.176. The maximum Gasteiger partial charge on any atom is 0.313 e. The number of hydrogen-bond acceptors (Lipinski definition) is 2. The minimum atomic E-state index is -0.897. The van der Waals surface area contributed by atoms with E-state index in [-0.39, 0.29) is 11.6 Å². The summed E-state index contributed by atoms with van der Waals surface area (Å²) in [5.74, 6) is -2.24. The van der Waals surface area contributed by atoms with Crippen LogP contribution in [0, 0.1) is 5.82 Å². The lowest BCUT2D eigenvalue weighted by Gasteiger charge is -2.13. The predicted octanol–water partition coefficient (Wildman–Crippen LogP) is 3.45. The average molecular weight is 379 g/mol. The first kappa shape index (κ1) is 17.1. The fourth-order valence-electron chi connectivity index (χ4n) is 2.00. The molecule has 0 aromatic heterocycles. The third-order valence-corrected chi connectivity index (χ3v) is 3.82. The van der Waals surface area contributed by atoms with Crippen LogP contribution in [0.3, 0.4) is 0 Å². The lowest BCUT2D eigenvalue weighted by atomic mass is 10.0. The van der Waals surface area contributed by atoms with Crippen molar-refractivity contribution in [1.82, 2.24) is 5.32 Å². The molecule has 0 saturated heterocycles. The summed E-state index contributed by atoms with van der Waals surface area (Å²) in [5, 5.41) is 4.80. The molecule has 4 nitrogen and oxygen atoms in total. The van der Waals surface area contributed by atoms with E-state index in [0.29, 0.717) is 11.0 Å². The van der Waals surface area contributed by atoms with Crippen LogP contribution in [-0.2, 0) is 9.59 Å². The number of amides is 2. The third kappa shape index (κ3) is 4.89. The van der Waals surface area contributed by atoms with Gasteiger partial charge in [-0.2, -0.15) is 0 Å². The quantitative estimate of drug-likeness (QED) is 0.800. The molecule has 0 aliphatic carbocycles. The van der Waals surface area contributed by atoms with Gasteiger partial charge in [-0.25, -0.2) is 4.39 Å². The number of halogens is 2. The van der Waals surface area contributed by atoms with Crippen LogP contribution < -0.4 is 10.6 Å². The first-order chi connectivity index (χ1) is 11.0. The van der Waals surface area contributed by atoms with Crippen molar-refractivity contribution in [3.8, 4) is 0 Å². The Balaban J connectivity index is 1.89. The largest absolute Gasteiger partial charge is 0.347 e. The molecule has 1 atom stereocenters. The summed E-state index contributed by atoms with van der Waals surface area (Å²) in [7, 11) is 0. The van der Waals surface area contributed by atoms with Crippen molar-refractivity contribution in [2.75, 3.05) is 11.9 Å². The molecular weight excluding hydrogens is 363 g/mol. The van der Waals surface area contributed by atoms with Gasteiger partial charge in [-0.15, -0.1) is 0 Å². The molecule has 2 rings (SSSR count). The van der Waals surface area contributed by atoms with E-state index in [0.717, 1.165) is 5.56 Å². The Morgan fingerprint density at radius 2 is 1.83 bits per heavy atom. The molecule has 2 aromatic carbocycles. The summed E-state index contributed by atoms with van der Waals surface area (Å²) in [4.78, 5) is 23.6. The van der Waals surface area contributed by atoms with Crippen molar-refractivity contribution in [3.63, 3.8) is 0 Å². The fourth-order valence-corrected chi connectivity index (χ4v) is 2.33. The number of hydrogen-bond donors (Lipinski definition) is 2. The van der Waals surface area contributed by atoms with Crippen LogP contribution in [0.2, 0.25) is 0 Å². The topological polar surface area (TPSA) is 58.2 Å². The average Bonchev–Trinajstić information content (AvgIpc) is 2.55. The summed E-state index contributed by atoms with van der Waals surface area (Å²) in [6, 6.07) is 13.8. The van der Waals surface area contributed by atoms with Gasteiger partial charge in [0.1, 0.15) is 5.82 Å². The number of benzene rings is 2. The van der Waals surface area contributed by atoms with E-state index < -0.39 is 17.6 Å². The van der Waals surface area contributed by atoms with E-state index >= 15 is 0 Å². The number of carbonyl (C=O) groups excluding carboxylic acids is 2. The van der Waals surface area contributed by atoms with Gasteiger partial charge in [0.15, 0.2) is 0 Å². The van der Waals surface area contributed by atoms with Crippen molar-refractivity contribution in [1.29, 1.82) is 0 Å². The number of nitrogens with one attached hydrogen (secondary N) is 2. The Morgan fingerprint density at radius 3 is 2.48 bits per heavy atom. The highest BCUT2D eigenvalue weighted by molar-refractivity contribution is 9.10. The van der Waals surface area contributed by atoms with Crippen LogP contribution in [0.25, 0.3) is 0 Å². The molecule has 2 aromatic rings. The third-order valence-electron chi connectivity index (χ3n) is 3.32. The molecule has 0 aliphatic rings. The minimum Gasteiger partial charge on any atom is -0.347 e. The first-order valence-corrected chi connectivity index (χ1v) is 7.86. The van der Waals surface area contributed by atoms with E-state index in [2.05, 4.69) is 26.6 Å². The highest BCUT2D eigenvalue weighted by atomic mass is 79.9.